The zero-order chi connectivity index (χ0) is 18.9. The number of pyridine rings is 1. The number of thiazole rings is 1. The lowest BCUT2D eigenvalue weighted by Gasteiger charge is -2.33. The summed E-state index contributed by atoms with van der Waals surface area (Å²) in [6.07, 6.45) is 1.76. The van der Waals surface area contributed by atoms with Crippen LogP contribution in [0, 0.1) is 0 Å². The molecular formula is C17H17ClN4O2S3. The third-order valence-electron chi connectivity index (χ3n) is 4.30. The van der Waals surface area contributed by atoms with Gasteiger partial charge in [0.1, 0.15) is 9.22 Å². The number of nitrogens with zero attached hydrogens (tertiary/aromatic N) is 4. The van der Waals surface area contributed by atoms with E-state index < -0.39 is 10.0 Å². The summed E-state index contributed by atoms with van der Waals surface area (Å²) in [6.45, 7) is 3.00. The molecule has 1 aliphatic rings. The first-order valence-electron chi connectivity index (χ1n) is 8.36. The van der Waals surface area contributed by atoms with Gasteiger partial charge in [-0.15, -0.1) is 22.7 Å². The van der Waals surface area contributed by atoms with E-state index in [1.165, 1.54) is 4.31 Å². The monoisotopic (exact) mass is 440 g/mol. The van der Waals surface area contributed by atoms with Crippen molar-refractivity contribution in [2.45, 2.75) is 10.8 Å². The number of aromatic nitrogens is 2. The molecule has 0 amide bonds. The molecule has 0 bridgehead atoms. The molecule has 27 heavy (non-hydrogen) atoms. The molecule has 0 aromatic carbocycles. The summed E-state index contributed by atoms with van der Waals surface area (Å²) in [5.41, 5.74) is 1.86. The average Bonchev–Trinajstić information content (AvgIpc) is 3.32. The molecule has 142 valence electrons. The van der Waals surface area contributed by atoms with Crippen LogP contribution in [0.2, 0.25) is 4.34 Å². The van der Waals surface area contributed by atoms with Crippen molar-refractivity contribution in [2.24, 2.45) is 0 Å². The third-order valence-corrected chi connectivity index (χ3v) is 8.81. The fourth-order valence-electron chi connectivity index (χ4n) is 2.91. The quantitative estimate of drug-likeness (QED) is 0.608. The summed E-state index contributed by atoms with van der Waals surface area (Å²) in [6, 6.07) is 8.97. The Balaban J connectivity index is 1.37. The molecule has 0 N–H and O–H groups in total. The van der Waals surface area contributed by atoms with Gasteiger partial charge in [-0.25, -0.2) is 13.4 Å². The number of rotatable bonds is 5. The van der Waals surface area contributed by atoms with Crippen LogP contribution in [0.5, 0.6) is 0 Å². The highest BCUT2D eigenvalue weighted by Crippen LogP contribution is 2.29. The first kappa shape index (κ1) is 19.0. The van der Waals surface area contributed by atoms with Gasteiger partial charge in [0.15, 0.2) is 0 Å². The van der Waals surface area contributed by atoms with Crippen molar-refractivity contribution in [3.8, 4) is 10.7 Å². The van der Waals surface area contributed by atoms with Crippen molar-refractivity contribution in [1.82, 2.24) is 19.2 Å². The number of hydrogen-bond acceptors (Lipinski definition) is 7. The minimum atomic E-state index is -3.45. The van der Waals surface area contributed by atoms with Gasteiger partial charge in [-0.3, -0.25) is 9.88 Å². The van der Waals surface area contributed by atoms with Gasteiger partial charge in [-0.1, -0.05) is 17.7 Å². The zero-order valence-corrected chi connectivity index (χ0v) is 17.5. The normalized spacial score (nSPS) is 16.6. The topological polar surface area (TPSA) is 66.4 Å². The Kier molecular flexibility index (Phi) is 5.58. The molecule has 3 aromatic heterocycles. The van der Waals surface area contributed by atoms with Crippen LogP contribution in [0.1, 0.15) is 5.69 Å². The van der Waals surface area contributed by atoms with Crippen molar-refractivity contribution in [1.29, 1.82) is 0 Å². The van der Waals surface area contributed by atoms with E-state index in [1.54, 1.807) is 29.7 Å². The maximum absolute atomic E-state index is 12.7. The maximum Gasteiger partial charge on any atom is 0.252 e. The standard InChI is InChI=1S/C17H17ClN4O2S3/c18-15-4-5-16(26-15)27(23,24)22-9-7-21(8-10-22)11-13-12-25-17(20-13)14-3-1-2-6-19-14/h1-6,12H,7-11H2. The highest BCUT2D eigenvalue weighted by atomic mass is 35.5. The van der Waals surface area contributed by atoms with E-state index >= 15 is 0 Å². The van der Waals surface area contributed by atoms with E-state index in [-0.39, 0.29) is 0 Å². The minimum absolute atomic E-state index is 0.306. The van der Waals surface area contributed by atoms with Crippen LogP contribution in [0.3, 0.4) is 0 Å². The molecule has 3 aromatic rings. The summed E-state index contributed by atoms with van der Waals surface area (Å²) in [5.74, 6) is 0. The Morgan fingerprint density at radius 3 is 2.59 bits per heavy atom. The second-order valence-electron chi connectivity index (χ2n) is 6.10. The first-order valence-corrected chi connectivity index (χ1v) is 11.9. The van der Waals surface area contributed by atoms with Crippen molar-refractivity contribution in [2.75, 3.05) is 26.2 Å². The molecule has 0 saturated carbocycles. The number of sulfonamides is 1. The second-order valence-corrected chi connectivity index (χ2v) is 10.8. The lowest BCUT2D eigenvalue weighted by atomic mass is 10.3. The third kappa shape index (κ3) is 4.23. The van der Waals surface area contributed by atoms with Gasteiger partial charge in [0.2, 0.25) is 0 Å². The largest absolute Gasteiger partial charge is 0.295 e. The van der Waals surface area contributed by atoms with Gasteiger partial charge in [0, 0.05) is 44.3 Å². The number of hydrogen-bond donors (Lipinski definition) is 0. The second kappa shape index (κ2) is 7.94. The number of halogens is 1. The van der Waals surface area contributed by atoms with Crippen LogP contribution in [-0.2, 0) is 16.6 Å². The molecule has 0 spiro atoms. The fraction of sp³-hybridized carbons (Fsp3) is 0.294. The Morgan fingerprint density at radius 1 is 1.11 bits per heavy atom. The van der Waals surface area contributed by atoms with Crippen LogP contribution in [0.15, 0.2) is 46.1 Å². The Labute approximate surface area is 171 Å². The summed E-state index contributed by atoms with van der Waals surface area (Å²) in [7, 11) is -3.45. The highest BCUT2D eigenvalue weighted by Gasteiger charge is 2.29. The molecular weight excluding hydrogens is 424 g/mol. The van der Waals surface area contributed by atoms with Crippen LogP contribution >= 0.6 is 34.3 Å². The smallest absolute Gasteiger partial charge is 0.252 e. The zero-order valence-electron chi connectivity index (χ0n) is 14.3. The van der Waals surface area contributed by atoms with Gasteiger partial charge in [0.25, 0.3) is 10.0 Å². The summed E-state index contributed by atoms with van der Waals surface area (Å²) < 4.78 is 27.7. The predicted molar refractivity (Wildman–Crippen MR) is 109 cm³/mol. The van der Waals surface area contributed by atoms with Crippen LogP contribution < -0.4 is 0 Å². The molecule has 1 aliphatic heterocycles. The van der Waals surface area contributed by atoms with E-state index in [9.17, 15) is 8.42 Å². The van der Waals surface area contributed by atoms with E-state index in [1.807, 2.05) is 23.6 Å². The van der Waals surface area contributed by atoms with Gasteiger partial charge in [-0.05, 0) is 24.3 Å². The van der Waals surface area contributed by atoms with Crippen LogP contribution in [-0.4, -0.2) is 53.8 Å². The van der Waals surface area contributed by atoms with E-state index in [2.05, 4.69) is 14.9 Å². The molecule has 0 atom stereocenters. The van der Waals surface area contributed by atoms with E-state index in [0.29, 0.717) is 41.3 Å². The summed E-state index contributed by atoms with van der Waals surface area (Å²) in [4.78, 5) is 11.2. The van der Waals surface area contributed by atoms with Crippen molar-refractivity contribution in [3.63, 3.8) is 0 Å². The molecule has 0 unspecified atom stereocenters. The summed E-state index contributed by atoms with van der Waals surface area (Å²) in [5, 5.41) is 2.95. The lowest BCUT2D eigenvalue weighted by Crippen LogP contribution is -2.48. The van der Waals surface area contributed by atoms with Crippen molar-refractivity contribution in [3.05, 3.63) is 51.9 Å². The first-order chi connectivity index (χ1) is 13.0. The van der Waals surface area contributed by atoms with Gasteiger partial charge >= 0.3 is 0 Å². The number of thiophene rings is 1. The van der Waals surface area contributed by atoms with Crippen molar-refractivity contribution >= 4 is 44.3 Å². The highest BCUT2D eigenvalue weighted by molar-refractivity contribution is 7.91. The van der Waals surface area contributed by atoms with E-state index in [0.717, 1.165) is 27.7 Å². The number of piperazine rings is 1. The van der Waals surface area contributed by atoms with Gasteiger partial charge < -0.3 is 0 Å². The molecule has 0 aliphatic carbocycles. The average molecular weight is 441 g/mol. The lowest BCUT2D eigenvalue weighted by molar-refractivity contribution is 0.180. The maximum atomic E-state index is 12.7. The Bertz CT molecular complexity index is 1010. The minimum Gasteiger partial charge on any atom is -0.295 e. The van der Waals surface area contributed by atoms with Crippen molar-refractivity contribution < 1.29 is 8.42 Å². The SMILES string of the molecule is O=S(=O)(c1ccc(Cl)s1)N1CCN(Cc2csc(-c3ccccn3)n2)CC1. The van der Waals surface area contributed by atoms with Crippen LogP contribution in [0.25, 0.3) is 10.7 Å². The Hall–Kier alpha value is -1.36. The summed E-state index contributed by atoms with van der Waals surface area (Å²) >= 11 is 8.56. The van der Waals surface area contributed by atoms with Crippen LogP contribution in [0.4, 0.5) is 0 Å². The molecule has 10 heteroatoms. The predicted octanol–water partition coefficient (Wildman–Crippen LogP) is 3.43. The molecule has 6 nitrogen and oxygen atoms in total. The molecule has 1 fully saturated rings. The van der Waals surface area contributed by atoms with Gasteiger partial charge in [0.05, 0.1) is 15.7 Å². The molecule has 0 radical (unpaired) electrons. The molecule has 4 heterocycles. The Morgan fingerprint density at radius 2 is 1.93 bits per heavy atom. The fourth-order valence-corrected chi connectivity index (χ4v) is 6.75. The molecule has 4 rings (SSSR count). The molecule has 1 saturated heterocycles. The van der Waals surface area contributed by atoms with E-state index in [4.69, 9.17) is 11.6 Å². The van der Waals surface area contributed by atoms with Gasteiger partial charge in [-0.2, -0.15) is 4.31 Å².